The molecule has 0 fully saturated rings. The van der Waals surface area contributed by atoms with E-state index in [0.29, 0.717) is 6.54 Å². The molecule has 5 heteroatoms. The number of nitrogens with one attached hydrogen (secondary N) is 1. The van der Waals surface area contributed by atoms with Gasteiger partial charge in [0.15, 0.2) is 0 Å². The quantitative estimate of drug-likeness (QED) is 0.443. The first kappa shape index (κ1) is 14.1. The Morgan fingerprint density at radius 1 is 1.14 bits per heavy atom. The summed E-state index contributed by atoms with van der Waals surface area (Å²) in [4.78, 5) is 0. The third kappa shape index (κ3) is 5.07. The standard InChI is InChI=1S/C9H24N2O2Si/c1-11-7-4-5-8-14(12-2,13-3)9-6-10/h11H,4-10H2,1-3H3. The van der Waals surface area contributed by atoms with Gasteiger partial charge in [-0.2, -0.15) is 0 Å². The summed E-state index contributed by atoms with van der Waals surface area (Å²) in [5.74, 6) is 0. The lowest BCUT2D eigenvalue weighted by Gasteiger charge is -2.26. The molecule has 3 N–H and O–H groups in total. The predicted octanol–water partition coefficient (Wildman–Crippen LogP) is 0.680. The van der Waals surface area contributed by atoms with Gasteiger partial charge in [-0.1, -0.05) is 6.42 Å². The van der Waals surface area contributed by atoms with Crippen LogP contribution in [-0.4, -0.2) is 42.9 Å². The Morgan fingerprint density at radius 3 is 2.21 bits per heavy atom. The topological polar surface area (TPSA) is 56.5 Å². The van der Waals surface area contributed by atoms with E-state index in [2.05, 4.69) is 5.32 Å². The van der Waals surface area contributed by atoms with Crippen molar-refractivity contribution < 1.29 is 8.85 Å². The average molecular weight is 220 g/mol. The molecule has 0 saturated carbocycles. The van der Waals surface area contributed by atoms with Crippen LogP contribution in [-0.2, 0) is 8.85 Å². The fourth-order valence-corrected chi connectivity index (χ4v) is 3.99. The second kappa shape index (κ2) is 8.37. The summed E-state index contributed by atoms with van der Waals surface area (Å²) >= 11 is 0. The Labute approximate surface area is 88.4 Å². The zero-order valence-corrected chi connectivity index (χ0v) is 10.6. The lowest BCUT2D eigenvalue weighted by Crippen LogP contribution is -2.41. The van der Waals surface area contributed by atoms with Crippen LogP contribution in [0.1, 0.15) is 12.8 Å². The second-order valence-electron chi connectivity index (χ2n) is 3.42. The van der Waals surface area contributed by atoms with Gasteiger partial charge in [0.1, 0.15) is 0 Å². The van der Waals surface area contributed by atoms with Crippen LogP contribution in [0, 0.1) is 0 Å². The molecule has 0 saturated heterocycles. The largest absolute Gasteiger partial charge is 0.398 e. The van der Waals surface area contributed by atoms with Crippen molar-refractivity contribution in [2.24, 2.45) is 5.73 Å². The van der Waals surface area contributed by atoms with Crippen LogP contribution in [0.4, 0.5) is 0 Å². The second-order valence-corrected chi connectivity index (χ2v) is 7.06. The van der Waals surface area contributed by atoms with Crippen molar-refractivity contribution in [1.82, 2.24) is 5.32 Å². The minimum Gasteiger partial charge on any atom is -0.398 e. The molecule has 4 nitrogen and oxygen atoms in total. The number of nitrogens with two attached hydrogens (primary N) is 1. The van der Waals surface area contributed by atoms with E-state index < -0.39 is 8.56 Å². The van der Waals surface area contributed by atoms with Crippen molar-refractivity contribution in [3.8, 4) is 0 Å². The summed E-state index contributed by atoms with van der Waals surface area (Å²) in [6.07, 6.45) is 2.32. The molecule has 0 unspecified atom stereocenters. The molecule has 0 spiro atoms. The summed E-state index contributed by atoms with van der Waals surface area (Å²) < 4.78 is 11.0. The van der Waals surface area contributed by atoms with E-state index in [4.69, 9.17) is 14.6 Å². The first-order valence-corrected chi connectivity index (χ1v) is 7.42. The minimum absolute atomic E-state index is 0.653. The number of unbranched alkanes of at least 4 members (excludes halogenated alkanes) is 1. The molecule has 0 aliphatic heterocycles. The van der Waals surface area contributed by atoms with Crippen LogP contribution in [0.2, 0.25) is 12.1 Å². The van der Waals surface area contributed by atoms with Gasteiger partial charge < -0.3 is 19.9 Å². The van der Waals surface area contributed by atoms with Crippen molar-refractivity contribution in [3.05, 3.63) is 0 Å². The van der Waals surface area contributed by atoms with E-state index in [1.165, 1.54) is 6.42 Å². The Hall–Kier alpha value is 0.0569. The molecule has 0 bridgehead atoms. The molecule has 0 aromatic rings. The summed E-state index contributed by atoms with van der Waals surface area (Å²) in [7, 11) is 3.50. The molecule has 0 aromatic heterocycles. The van der Waals surface area contributed by atoms with Crippen LogP contribution < -0.4 is 11.1 Å². The molecule has 0 radical (unpaired) electrons. The van der Waals surface area contributed by atoms with Gasteiger partial charge in [0.25, 0.3) is 0 Å². The van der Waals surface area contributed by atoms with E-state index in [1.54, 1.807) is 14.2 Å². The van der Waals surface area contributed by atoms with Crippen molar-refractivity contribution >= 4 is 8.56 Å². The highest BCUT2D eigenvalue weighted by Crippen LogP contribution is 2.19. The van der Waals surface area contributed by atoms with Crippen molar-refractivity contribution in [2.75, 3.05) is 34.4 Å². The van der Waals surface area contributed by atoms with E-state index in [9.17, 15) is 0 Å². The van der Waals surface area contributed by atoms with E-state index >= 15 is 0 Å². The molecule has 0 aromatic carbocycles. The monoisotopic (exact) mass is 220 g/mol. The molecule has 14 heavy (non-hydrogen) atoms. The SMILES string of the molecule is CNCCCC[Si](CCN)(OC)OC. The number of rotatable bonds is 9. The predicted molar refractivity (Wildman–Crippen MR) is 61.6 cm³/mol. The van der Waals surface area contributed by atoms with Crippen LogP contribution in [0.25, 0.3) is 0 Å². The Kier molecular flexibility index (Phi) is 8.41. The highest BCUT2D eigenvalue weighted by atomic mass is 28.4. The molecule has 86 valence electrons. The van der Waals surface area contributed by atoms with Crippen LogP contribution in [0.5, 0.6) is 0 Å². The maximum atomic E-state index is 5.56. The van der Waals surface area contributed by atoms with Gasteiger partial charge in [0.2, 0.25) is 0 Å². The lowest BCUT2D eigenvalue weighted by molar-refractivity contribution is 0.240. The van der Waals surface area contributed by atoms with Crippen molar-refractivity contribution in [2.45, 2.75) is 24.9 Å². The van der Waals surface area contributed by atoms with Crippen LogP contribution in [0.15, 0.2) is 0 Å². The molecule has 0 atom stereocenters. The summed E-state index contributed by atoms with van der Waals surface area (Å²) in [5.41, 5.74) is 5.56. The lowest BCUT2D eigenvalue weighted by atomic mass is 10.3. The maximum Gasteiger partial charge on any atom is 0.338 e. The summed E-state index contributed by atoms with van der Waals surface area (Å²) in [6.45, 7) is 1.71. The molecule has 0 heterocycles. The first-order valence-electron chi connectivity index (χ1n) is 5.19. The highest BCUT2D eigenvalue weighted by molar-refractivity contribution is 6.67. The smallest absolute Gasteiger partial charge is 0.338 e. The molecule has 0 aliphatic carbocycles. The number of hydrogen-bond acceptors (Lipinski definition) is 4. The maximum absolute atomic E-state index is 5.56. The number of hydrogen-bond donors (Lipinski definition) is 2. The van der Waals surface area contributed by atoms with E-state index in [1.807, 2.05) is 7.05 Å². The summed E-state index contributed by atoms with van der Waals surface area (Å²) in [5, 5.41) is 3.13. The Morgan fingerprint density at radius 2 is 1.79 bits per heavy atom. The van der Waals surface area contributed by atoms with Crippen molar-refractivity contribution in [3.63, 3.8) is 0 Å². The van der Waals surface area contributed by atoms with E-state index in [0.717, 1.165) is 25.1 Å². The minimum atomic E-state index is -1.95. The van der Waals surface area contributed by atoms with Gasteiger partial charge in [-0.15, -0.1) is 0 Å². The highest BCUT2D eigenvalue weighted by Gasteiger charge is 2.33. The van der Waals surface area contributed by atoms with E-state index in [-0.39, 0.29) is 0 Å². The van der Waals surface area contributed by atoms with Crippen LogP contribution >= 0.6 is 0 Å². The molecular formula is C9H24N2O2Si. The van der Waals surface area contributed by atoms with Gasteiger partial charge in [-0.25, -0.2) is 0 Å². The fourth-order valence-electron chi connectivity index (χ4n) is 1.53. The summed E-state index contributed by atoms with van der Waals surface area (Å²) in [6, 6.07) is 1.93. The molecule has 0 rings (SSSR count). The van der Waals surface area contributed by atoms with Gasteiger partial charge >= 0.3 is 8.56 Å². The van der Waals surface area contributed by atoms with Gasteiger partial charge in [-0.05, 0) is 32.6 Å². The van der Waals surface area contributed by atoms with Gasteiger partial charge in [0.05, 0.1) is 0 Å². The third-order valence-electron chi connectivity index (χ3n) is 2.50. The van der Waals surface area contributed by atoms with Crippen molar-refractivity contribution in [1.29, 1.82) is 0 Å². The molecular weight excluding hydrogens is 196 g/mol. The fraction of sp³-hybridized carbons (Fsp3) is 1.00. The Bertz CT molecular complexity index is 132. The Balaban J connectivity index is 3.82. The van der Waals surface area contributed by atoms with Gasteiger partial charge in [0, 0.05) is 20.3 Å². The zero-order valence-electron chi connectivity index (χ0n) is 9.64. The average Bonchev–Trinajstić information content (AvgIpc) is 2.23. The first-order chi connectivity index (χ1) is 6.74. The van der Waals surface area contributed by atoms with Crippen LogP contribution in [0.3, 0.4) is 0 Å². The normalized spacial score (nSPS) is 12.0. The van der Waals surface area contributed by atoms with Gasteiger partial charge in [-0.3, -0.25) is 0 Å². The third-order valence-corrected chi connectivity index (χ3v) is 6.16. The molecule has 0 amide bonds. The zero-order chi connectivity index (χ0) is 10.9. The molecule has 0 aliphatic rings.